The molecule has 4 aromatic rings. The van der Waals surface area contributed by atoms with Gasteiger partial charge >= 0.3 is 0 Å². The average Bonchev–Trinajstić information content (AvgIpc) is 2.83. The van der Waals surface area contributed by atoms with Crippen molar-refractivity contribution in [2.45, 2.75) is 12.6 Å². The highest BCUT2D eigenvalue weighted by atomic mass is 16.2. The Bertz CT molecular complexity index is 1240. The molecule has 2 aromatic carbocycles. The molecule has 4 rings (SSSR count). The summed E-state index contributed by atoms with van der Waals surface area (Å²) in [6.07, 6.45) is 6.43. The third-order valence-electron chi connectivity index (χ3n) is 4.76. The molecule has 3 N–H and O–H groups in total. The SMILES string of the molecule is O=C(NCc1ccncc1)C(Nc1c(Nc2ccncc2)c(=O)c1=O)c1ccccc1. The van der Waals surface area contributed by atoms with Crippen LogP contribution in [0.4, 0.5) is 17.1 Å². The number of pyridine rings is 2. The predicted octanol–water partition coefficient (Wildman–Crippen LogP) is 2.29. The Hall–Kier alpha value is -4.33. The third-order valence-corrected chi connectivity index (χ3v) is 4.76. The maximum absolute atomic E-state index is 13.0. The molecule has 8 nitrogen and oxygen atoms in total. The van der Waals surface area contributed by atoms with E-state index < -0.39 is 16.9 Å². The van der Waals surface area contributed by atoms with E-state index in [0.29, 0.717) is 17.8 Å². The Morgan fingerprint density at radius 3 is 2.10 bits per heavy atom. The number of anilines is 3. The predicted molar refractivity (Wildman–Crippen MR) is 118 cm³/mol. The molecule has 0 aliphatic rings. The van der Waals surface area contributed by atoms with Crippen LogP contribution in [-0.4, -0.2) is 15.9 Å². The highest BCUT2D eigenvalue weighted by Gasteiger charge is 2.27. The summed E-state index contributed by atoms with van der Waals surface area (Å²) in [6, 6.07) is 15.1. The highest BCUT2D eigenvalue weighted by Crippen LogP contribution is 2.25. The Balaban J connectivity index is 1.57. The third kappa shape index (κ3) is 4.48. The van der Waals surface area contributed by atoms with Gasteiger partial charge in [0.25, 0.3) is 10.9 Å². The number of benzene rings is 1. The quantitative estimate of drug-likeness (QED) is 0.380. The summed E-state index contributed by atoms with van der Waals surface area (Å²) in [7, 11) is 0. The highest BCUT2D eigenvalue weighted by molar-refractivity contribution is 5.89. The fourth-order valence-electron chi connectivity index (χ4n) is 3.11. The molecular formula is C23H19N5O3. The second-order valence-electron chi connectivity index (χ2n) is 6.83. The first-order valence-electron chi connectivity index (χ1n) is 9.62. The zero-order chi connectivity index (χ0) is 21.6. The number of hydrogen-bond acceptors (Lipinski definition) is 7. The Kier molecular flexibility index (Phi) is 5.79. The first-order valence-corrected chi connectivity index (χ1v) is 9.62. The van der Waals surface area contributed by atoms with Crippen LogP contribution in [0.25, 0.3) is 0 Å². The van der Waals surface area contributed by atoms with Gasteiger partial charge in [0.15, 0.2) is 0 Å². The van der Waals surface area contributed by atoms with E-state index in [1.807, 2.05) is 6.07 Å². The van der Waals surface area contributed by atoms with Crippen LogP contribution in [0.15, 0.2) is 89.0 Å². The van der Waals surface area contributed by atoms with Gasteiger partial charge in [-0.3, -0.25) is 24.4 Å². The minimum atomic E-state index is -0.857. The second kappa shape index (κ2) is 9.00. The smallest absolute Gasteiger partial charge is 0.253 e. The number of hydrogen-bond donors (Lipinski definition) is 3. The van der Waals surface area contributed by atoms with E-state index in [1.54, 1.807) is 73.3 Å². The van der Waals surface area contributed by atoms with Crippen LogP contribution in [0, 0.1) is 0 Å². The summed E-state index contributed by atoms with van der Waals surface area (Å²) in [5.74, 6) is -0.328. The van der Waals surface area contributed by atoms with E-state index in [4.69, 9.17) is 0 Å². The van der Waals surface area contributed by atoms with Crippen LogP contribution in [0.5, 0.6) is 0 Å². The van der Waals surface area contributed by atoms with E-state index in [1.165, 1.54) is 0 Å². The number of carbonyl (C=O) groups excluding carboxylic acids is 1. The van der Waals surface area contributed by atoms with Crippen LogP contribution < -0.4 is 26.8 Å². The van der Waals surface area contributed by atoms with Crippen LogP contribution in [0.2, 0.25) is 0 Å². The Morgan fingerprint density at radius 2 is 1.42 bits per heavy atom. The molecule has 31 heavy (non-hydrogen) atoms. The van der Waals surface area contributed by atoms with Crippen molar-refractivity contribution in [1.29, 1.82) is 0 Å². The van der Waals surface area contributed by atoms with E-state index in [2.05, 4.69) is 25.9 Å². The fraction of sp³-hybridized carbons (Fsp3) is 0.0870. The number of nitrogens with one attached hydrogen (secondary N) is 3. The van der Waals surface area contributed by atoms with Crippen molar-refractivity contribution < 1.29 is 4.79 Å². The first-order chi connectivity index (χ1) is 15.1. The summed E-state index contributed by atoms with van der Waals surface area (Å²) in [5, 5.41) is 8.76. The summed E-state index contributed by atoms with van der Waals surface area (Å²) in [4.78, 5) is 45.3. The van der Waals surface area contributed by atoms with Crippen molar-refractivity contribution in [3.05, 3.63) is 111 Å². The average molecular weight is 413 g/mol. The molecule has 0 fully saturated rings. The van der Waals surface area contributed by atoms with Gasteiger partial charge in [-0.1, -0.05) is 30.3 Å². The van der Waals surface area contributed by atoms with E-state index in [0.717, 1.165) is 5.56 Å². The topological polar surface area (TPSA) is 113 Å². The summed E-state index contributed by atoms with van der Waals surface area (Å²) in [6.45, 7) is 0.306. The largest absolute Gasteiger partial charge is 0.365 e. The zero-order valence-electron chi connectivity index (χ0n) is 16.4. The van der Waals surface area contributed by atoms with Crippen LogP contribution in [-0.2, 0) is 11.3 Å². The molecule has 0 aliphatic carbocycles. The summed E-state index contributed by atoms with van der Waals surface area (Å²) < 4.78 is 0. The maximum Gasteiger partial charge on any atom is 0.253 e. The molecular weight excluding hydrogens is 394 g/mol. The molecule has 0 aliphatic heterocycles. The van der Waals surface area contributed by atoms with Gasteiger partial charge in [0, 0.05) is 37.0 Å². The first kappa shape index (κ1) is 20.0. The minimum Gasteiger partial charge on any atom is -0.365 e. The van der Waals surface area contributed by atoms with Crippen molar-refractivity contribution in [2.75, 3.05) is 10.6 Å². The maximum atomic E-state index is 13.0. The normalized spacial score (nSPS) is 11.6. The lowest BCUT2D eigenvalue weighted by molar-refractivity contribution is -0.122. The van der Waals surface area contributed by atoms with Gasteiger partial charge in [-0.2, -0.15) is 0 Å². The standard InChI is InChI=1S/C23H19N5O3/c29-21-19(27-17-8-12-25-13-9-17)20(22(21)30)28-18(16-4-2-1-3-5-16)23(31)26-14-15-6-10-24-11-7-15/h1-13,18,28H,14H2,(H,25,27)(H,26,31). The van der Waals surface area contributed by atoms with Crippen molar-refractivity contribution in [3.8, 4) is 0 Å². The minimum absolute atomic E-state index is 0.0785. The fourth-order valence-corrected chi connectivity index (χ4v) is 3.11. The zero-order valence-corrected chi connectivity index (χ0v) is 16.4. The molecule has 1 unspecified atom stereocenters. The van der Waals surface area contributed by atoms with Crippen LogP contribution in [0.1, 0.15) is 17.2 Å². The molecule has 8 heteroatoms. The van der Waals surface area contributed by atoms with Gasteiger partial charge in [0.2, 0.25) is 5.91 Å². The summed E-state index contributed by atoms with van der Waals surface area (Å²) >= 11 is 0. The molecule has 0 bridgehead atoms. The number of amides is 1. The lowest BCUT2D eigenvalue weighted by Crippen LogP contribution is -2.40. The van der Waals surface area contributed by atoms with Gasteiger partial charge < -0.3 is 16.0 Å². The van der Waals surface area contributed by atoms with Gasteiger partial charge in [-0.15, -0.1) is 0 Å². The van der Waals surface area contributed by atoms with Gasteiger partial charge in [-0.25, -0.2) is 0 Å². The van der Waals surface area contributed by atoms with Crippen molar-refractivity contribution in [3.63, 3.8) is 0 Å². The van der Waals surface area contributed by atoms with Crippen molar-refractivity contribution in [1.82, 2.24) is 15.3 Å². The molecule has 2 heterocycles. The van der Waals surface area contributed by atoms with Crippen molar-refractivity contribution in [2.24, 2.45) is 0 Å². The Morgan fingerprint density at radius 1 is 0.806 bits per heavy atom. The molecule has 0 radical (unpaired) electrons. The molecule has 1 atom stereocenters. The van der Waals surface area contributed by atoms with Crippen molar-refractivity contribution >= 4 is 23.0 Å². The lowest BCUT2D eigenvalue weighted by Gasteiger charge is -2.22. The molecule has 1 amide bonds. The molecule has 2 aromatic heterocycles. The van der Waals surface area contributed by atoms with E-state index >= 15 is 0 Å². The van der Waals surface area contributed by atoms with Crippen LogP contribution >= 0.6 is 0 Å². The summed E-state index contributed by atoms with van der Waals surface area (Å²) in [5.41, 5.74) is 1.07. The van der Waals surface area contributed by atoms with E-state index in [9.17, 15) is 14.4 Å². The number of carbonyl (C=O) groups is 1. The molecule has 154 valence electrons. The molecule has 0 saturated carbocycles. The van der Waals surface area contributed by atoms with Gasteiger partial charge in [0.1, 0.15) is 17.4 Å². The number of rotatable bonds is 8. The molecule has 0 spiro atoms. The second-order valence-corrected chi connectivity index (χ2v) is 6.83. The van der Waals surface area contributed by atoms with E-state index in [-0.39, 0.29) is 17.3 Å². The lowest BCUT2D eigenvalue weighted by atomic mass is 10.0. The van der Waals surface area contributed by atoms with Crippen LogP contribution in [0.3, 0.4) is 0 Å². The Labute approximate surface area is 177 Å². The molecule has 0 saturated heterocycles. The number of aromatic nitrogens is 2. The number of nitrogens with zero attached hydrogens (tertiary/aromatic N) is 2. The van der Waals surface area contributed by atoms with Gasteiger partial charge in [0.05, 0.1) is 0 Å². The van der Waals surface area contributed by atoms with Gasteiger partial charge in [-0.05, 0) is 35.4 Å². The monoisotopic (exact) mass is 413 g/mol.